The van der Waals surface area contributed by atoms with Gasteiger partial charge in [0.15, 0.2) is 11.5 Å². The molecule has 1 saturated heterocycles. The number of nitrogens with zero attached hydrogens (tertiary/aromatic N) is 1. The van der Waals surface area contributed by atoms with E-state index in [1.807, 2.05) is 26.0 Å². The monoisotopic (exact) mass is 474 g/mol. The van der Waals surface area contributed by atoms with Gasteiger partial charge in [-0.3, -0.25) is 9.59 Å². The Morgan fingerprint density at radius 1 is 1.06 bits per heavy atom. The van der Waals surface area contributed by atoms with Gasteiger partial charge in [-0.2, -0.15) is 0 Å². The van der Waals surface area contributed by atoms with Gasteiger partial charge in [-0.15, -0.1) is 0 Å². The van der Waals surface area contributed by atoms with Crippen LogP contribution >= 0.6 is 11.6 Å². The number of hydrogen-bond acceptors (Lipinski definition) is 5. The van der Waals surface area contributed by atoms with Crippen molar-refractivity contribution >= 4 is 23.4 Å². The highest BCUT2D eigenvalue weighted by Gasteiger charge is 2.41. The molecule has 0 radical (unpaired) electrons. The summed E-state index contributed by atoms with van der Waals surface area (Å²) in [6.07, 6.45) is 0. The normalized spacial score (nSPS) is 17.7. The average molecular weight is 475 g/mol. The summed E-state index contributed by atoms with van der Waals surface area (Å²) in [7, 11) is 4.65. The van der Waals surface area contributed by atoms with E-state index in [2.05, 4.69) is 5.32 Å². The fraction of sp³-hybridized carbons (Fsp3) is 0.440. The van der Waals surface area contributed by atoms with Crippen LogP contribution in [0.3, 0.4) is 0 Å². The van der Waals surface area contributed by atoms with Crippen LogP contribution in [0.5, 0.6) is 17.2 Å². The second-order valence-corrected chi connectivity index (χ2v) is 8.91. The number of methoxy groups -OCH3 is 3. The SMILES string of the molecule is COc1cc([C@@H]2CN(C(=O)c3ccccc3Cl)C[C@H]2C(=O)NCC(C)C)cc(OC)c1OC. The maximum atomic E-state index is 13.3. The maximum absolute atomic E-state index is 13.3. The lowest BCUT2D eigenvalue weighted by atomic mass is 9.87. The number of carbonyl (C=O) groups excluding carboxylic acids is 2. The highest BCUT2D eigenvalue weighted by Crippen LogP contribution is 2.43. The molecule has 0 aliphatic carbocycles. The van der Waals surface area contributed by atoms with Crippen LogP contribution in [-0.4, -0.2) is 57.7 Å². The van der Waals surface area contributed by atoms with E-state index in [0.29, 0.717) is 46.8 Å². The molecule has 0 unspecified atom stereocenters. The van der Waals surface area contributed by atoms with E-state index < -0.39 is 5.92 Å². The van der Waals surface area contributed by atoms with Gasteiger partial charge in [0.25, 0.3) is 5.91 Å². The first kappa shape index (κ1) is 24.7. The lowest BCUT2D eigenvalue weighted by molar-refractivity contribution is -0.125. The van der Waals surface area contributed by atoms with Crippen molar-refractivity contribution in [2.24, 2.45) is 11.8 Å². The van der Waals surface area contributed by atoms with Crippen molar-refractivity contribution in [2.75, 3.05) is 41.0 Å². The maximum Gasteiger partial charge on any atom is 0.255 e. The third kappa shape index (κ3) is 5.36. The van der Waals surface area contributed by atoms with Crippen LogP contribution in [0.2, 0.25) is 5.02 Å². The van der Waals surface area contributed by atoms with Crippen molar-refractivity contribution in [1.82, 2.24) is 10.2 Å². The molecule has 2 aromatic rings. The van der Waals surface area contributed by atoms with Crippen molar-refractivity contribution in [2.45, 2.75) is 19.8 Å². The summed E-state index contributed by atoms with van der Waals surface area (Å²) in [5.74, 6) is 0.833. The van der Waals surface area contributed by atoms with Crippen molar-refractivity contribution < 1.29 is 23.8 Å². The number of benzene rings is 2. The Bertz CT molecular complexity index is 985. The minimum atomic E-state index is -0.432. The topological polar surface area (TPSA) is 77.1 Å². The number of carbonyl (C=O) groups is 2. The average Bonchev–Trinajstić information content (AvgIpc) is 3.27. The molecule has 1 aliphatic rings. The Hall–Kier alpha value is -2.93. The quantitative estimate of drug-likeness (QED) is 0.626. The Morgan fingerprint density at radius 2 is 1.70 bits per heavy atom. The second-order valence-electron chi connectivity index (χ2n) is 8.50. The third-order valence-electron chi connectivity index (χ3n) is 5.85. The van der Waals surface area contributed by atoms with E-state index >= 15 is 0 Å². The molecule has 8 heteroatoms. The van der Waals surface area contributed by atoms with Gasteiger partial charge in [0.1, 0.15) is 0 Å². The Labute approximate surface area is 200 Å². The van der Waals surface area contributed by atoms with E-state index in [1.165, 1.54) is 0 Å². The smallest absolute Gasteiger partial charge is 0.255 e. The van der Waals surface area contributed by atoms with Crippen molar-refractivity contribution in [1.29, 1.82) is 0 Å². The van der Waals surface area contributed by atoms with Crippen molar-refractivity contribution in [3.05, 3.63) is 52.5 Å². The van der Waals surface area contributed by atoms with Crippen molar-refractivity contribution in [3.63, 3.8) is 0 Å². The zero-order valence-electron chi connectivity index (χ0n) is 19.7. The first-order valence-corrected chi connectivity index (χ1v) is 11.3. The number of halogens is 1. The van der Waals surface area contributed by atoms with E-state index in [1.54, 1.807) is 50.5 Å². The van der Waals surface area contributed by atoms with Gasteiger partial charge in [-0.25, -0.2) is 0 Å². The number of likely N-dealkylation sites (tertiary alicyclic amines) is 1. The summed E-state index contributed by atoms with van der Waals surface area (Å²) >= 11 is 6.27. The van der Waals surface area contributed by atoms with E-state index in [0.717, 1.165) is 5.56 Å². The Kier molecular flexibility index (Phi) is 8.08. The summed E-state index contributed by atoms with van der Waals surface area (Å²) in [4.78, 5) is 28.1. The number of nitrogens with one attached hydrogen (secondary N) is 1. The summed E-state index contributed by atoms with van der Waals surface area (Å²) in [6, 6.07) is 10.6. The van der Waals surface area contributed by atoms with Gasteiger partial charge in [0.2, 0.25) is 11.7 Å². The molecule has 178 valence electrons. The molecule has 1 heterocycles. The number of ether oxygens (including phenoxy) is 3. The fourth-order valence-corrected chi connectivity index (χ4v) is 4.35. The molecule has 2 aromatic carbocycles. The molecule has 1 aliphatic heterocycles. The van der Waals surface area contributed by atoms with Gasteiger partial charge in [-0.05, 0) is 35.7 Å². The zero-order chi connectivity index (χ0) is 24.1. The molecular weight excluding hydrogens is 444 g/mol. The molecule has 3 rings (SSSR count). The van der Waals surface area contributed by atoms with E-state index in [4.69, 9.17) is 25.8 Å². The summed E-state index contributed by atoms with van der Waals surface area (Å²) < 4.78 is 16.5. The lowest BCUT2D eigenvalue weighted by Gasteiger charge is -2.21. The van der Waals surface area contributed by atoms with Crippen LogP contribution in [0.25, 0.3) is 0 Å². The Balaban J connectivity index is 1.98. The van der Waals surface area contributed by atoms with E-state index in [-0.39, 0.29) is 24.3 Å². The van der Waals surface area contributed by atoms with Gasteiger partial charge < -0.3 is 24.4 Å². The van der Waals surface area contributed by atoms with E-state index in [9.17, 15) is 9.59 Å². The summed E-state index contributed by atoms with van der Waals surface area (Å²) in [6.45, 7) is 5.30. The molecular formula is C25H31ClN2O5. The number of amides is 2. The number of hydrogen-bond donors (Lipinski definition) is 1. The fourth-order valence-electron chi connectivity index (χ4n) is 4.13. The van der Waals surface area contributed by atoms with Crippen molar-refractivity contribution in [3.8, 4) is 17.2 Å². The van der Waals surface area contributed by atoms with Gasteiger partial charge in [-0.1, -0.05) is 37.6 Å². The molecule has 0 spiro atoms. The number of rotatable bonds is 8. The first-order valence-electron chi connectivity index (χ1n) is 10.9. The molecule has 7 nitrogen and oxygen atoms in total. The third-order valence-corrected chi connectivity index (χ3v) is 6.18. The molecule has 0 aromatic heterocycles. The highest BCUT2D eigenvalue weighted by molar-refractivity contribution is 6.33. The summed E-state index contributed by atoms with van der Waals surface area (Å²) in [5.41, 5.74) is 1.26. The van der Waals surface area contributed by atoms with Crippen LogP contribution in [0, 0.1) is 11.8 Å². The standard InChI is InChI=1S/C25H31ClN2O5/c1-15(2)12-27-24(29)19-14-28(25(30)17-8-6-7-9-20(17)26)13-18(19)16-10-21(31-3)23(33-5)22(11-16)32-4/h6-11,15,18-19H,12-14H2,1-5H3,(H,27,29)/t18-,19+/m0/s1. The minimum Gasteiger partial charge on any atom is -0.493 e. The predicted molar refractivity (Wildman–Crippen MR) is 128 cm³/mol. The minimum absolute atomic E-state index is 0.0862. The van der Waals surface area contributed by atoms with Crippen LogP contribution in [0.4, 0.5) is 0 Å². The molecule has 1 N–H and O–H groups in total. The highest BCUT2D eigenvalue weighted by atomic mass is 35.5. The molecule has 0 bridgehead atoms. The van der Waals surface area contributed by atoms with Crippen LogP contribution in [-0.2, 0) is 4.79 Å². The first-order chi connectivity index (χ1) is 15.8. The molecule has 33 heavy (non-hydrogen) atoms. The largest absolute Gasteiger partial charge is 0.493 e. The lowest BCUT2D eigenvalue weighted by Crippen LogP contribution is -2.37. The predicted octanol–water partition coefficient (Wildman–Crippen LogP) is 3.99. The summed E-state index contributed by atoms with van der Waals surface area (Å²) in [5, 5.41) is 3.41. The Morgan fingerprint density at radius 3 is 2.24 bits per heavy atom. The van der Waals surface area contributed by atoms with Crippen LogP contribution < -0.4 is 19.5 Å². The second kappa shape index (κ2) is 10.8. The molecule has 2 amide bonds. The molecule has 2 atom stereocenters. The van der Waals surface area contributed by atoms with Gasteiger partial charge in [0, 0.05) is 25.6 Å². The van der Waals surface area contributed by atoms with Crippen LogP contribution in [0.1, 0.15) is 35.7 Å². The molecule has 0 saturated carbocycles. The zero-order valence-corrected chi connectivity index (χ0v) is 20.4. The van der Waals surface area contributed by atoms with Gasteiger partial charge >= 0.3 is 0 Å². The van der Waals surface area contributed by atoms with Gasteiger partial charge in [0.05, 0.1) is 37.8 Å². The molecule has 1 fully saturated rings. The van der Waals surface area contributed by atoms with Crippen LogP contribution in [0.15, 0.2) is 36.4 Å².